The van der Waals surface area contributed by atoms with Gasteiger partial charge in [0.25, 0.3) is 0 Å². The summed E-state index contributed by atoms with van der Waals surface area (Å²) in [7, 11) is 1.64. The molecule has 0 aromatic heterocycles. The van der Waals surface area contributed by atoms with Crippen LogP contribution in [0.2, 0.25) is 0 Å². The molecule has 0 radical (unpaired) electrons. The van der Waals surface area contributed by atoms with Crippen molar-refractivity contribution in [3.8, 4) is 5.75 Å². The smallest absolute Gasteiger partial charge is 0.118 e. The van der Waals surface area contributed by atoms with Crippen LogP contribution in [0.1, 0.15) is 28.7 Å². The molecule has 0 spiro atoms. The zero-order valence-electron chi connectivity index (χ0n) is 23.4. The maximum atomic E-state index is 11.8. The zero-order valence-corrected chi connectivity index (χ0v) is 23.4. The predicted molar refractivity (Wildman–Crippen MR) is 157 cm³/mol. The number of hydrogen-bond donors (Lipinski definition) is 1. The van der Waals surface area contributed by atoms with Crippen molar-refractivity contribution in [1.82, 2.24) is 0 Å². The Labute approximate surface area is 242 Å². The second-order valence-corrected chi connectivity index (χ2v) is 10.3. The van der Waals surface area contributed by atoms with E-state index in [9.17, 15) is 5.11 Å². The topological polar surface area (TPSA) is 66.4 Å². The fourth-order valence-electron chi connectivity index (χ4n) is 5.10. The number of methoxy groups -OCH3 is 1. The van der Waals surface area contributed by atoms with Crippen LogP contribution in [0.5, 0.6) is 5.75 Å². The summed E-state index contributed by atoms with van der Waals surface area (Å²) in [5.41, 5.74) is 4.12. The summed E-state index contributed by atoms with van der Waals surface area (Å²) >= 11 is 0. The van der Waals surface area contributed by atoms with E-state index in [1.54, 1.807) is 7.11 Å². The first-order chi connectivity index (χ1) is 20.2. The van der Waals surface area contributed by atoms with E-state index in [1.807, 2.05) is 115 Å². The molecule has 0 heterocycles. The second-order valence-electron chi connectivity index (χ2n) is 10.3. The van der Waals surface area contributed by atoms with Crippen LogP contribution in [0.4, 0.5) is 0 Å². The van der Waals surface area contributed by atoms with E-state index in [0.717, 1.165) is 28.0 Å². The molecule has 5 atom stereocenters. The lowest BCUT2D eigenvalue weighted by Gasteiger charge is -2.44. The Bertz CT molecular complexity index is 1280. The van der Waals surface area contributed by atoms with Gasteiger partial charge < -0.3 is 28.8 Å². The Hall–Kier alpha value is -3.52. The van der Waals surface area contributed by atoms with E-state index in [1.165, 1.54) is 0 Å². The monoisotopic (exact) mass is 554 g/mol. The van der Waals surface area contributed by atoms with Crippen LogP contribution < -0.4 is 4.74 Å². The van der Waals surface area contributed by atoms with Gasteiger partial charge in [-0.3, -0.25) is 0 Å². The minimum atomic E-state index is -0.966. The van der Waals surface area contributed by atoms with Crippen LogP contribution in [0.15, 0.2) is 115 Å². The third-order valence-electron chi connectivity index (χ3n) is 7.37. The van der Waals surface area contributed by atoms with E-state index in [2.05, 4.69) is 0 Å². The van der Waals surface area contributed by atoms with Crippen molar-refractivity contribution in [2.24, 2.45) is 0 Å². The van der Waals surface area contributed by atoms with Gasteiger partial charge in [-0.15, -0.1) is 0 Å². The highest BCUT2D eigenvalue weighted by Crippen LogP contribution is 2.32. The molecule has 0 saturated heterocycles. The minimum absolute atomic E-state index is 0.317. The number of benzene rings is 4. The van der Waals surface area contributed by atoms with Gasteiger partial charge in [-0.2, -0.15) is 0 Å². The summed E-state index contributed by atoms with van der Waals surface area (Å²) in [6, 6.07) is 37.7. The van der Waals surface area contributed by atoms with Gasteiger partial charge in [-0.05, 0) is 34.4 Å². The molecule has 0 aliphatic heterocycles. The van der Waals surface area contributed by atoms with Crippen molar-refractivity contribution in [1.29, 1.82) is 0 Å². The summed E-state index contributed by atoms with van der Waals surface area (Å²) in [6.45, 7) is 1.49. The van der Waals surface area contributed by atoms with E-state index in [4.69, 9.17) is 23.7 Å². The van der Waals surface area contributed by atoms with Gasteiger partial charge in [0.05, 0.1) is 45.7 Å². The molecular formula is C35H38O6. The fourth-order valence-corrected chi connectivity index (χ4v) is 5.10. The molecule has 2 unspecified atom stereocenters. The third-order valence-corrected chi connectivity index (χ3v) is 7.37. The van der Waals surface area contributed by atoms with E-state index in [-0.39, 0.29) is 0 Å². The van der Waals surface area contributed by atoms with Crippen molar-refractivity contribution in [2.45, 2.75) is 63.4 Å². The molecule has 0 bridgehead atoms. The highest BCUT2D eigenvalue weighted by Gasteiger charge is 2.47. The van der Waals surface area contributed by atoms with E-state index < -0.39 is 30.5 Å². The van der Waals surface area contributed by atoms with Gasteiger partial charge in [0, 0.05) is 6.42 Å². The number of hydrogen-bond acceptors (Lipinski definition) is 6. The molecular weight excluding hydrogens is 516 g/mol. The molecule has 214 valence electrons. The number of rotatable bonds is 13. The molecule has 1 N–H and O–H groups in total. The van der Waals surface area contributed by atoms with Crippen molar-refractivity contribution in [3.63, 3.8) is 0 Å². The molecule has 6 nitrogen and oxygen atoms in total. The lowest BCUT2D eigenvalue weighted by molar-refractivity contribution is -0.235. The van der Waals surface area contributed by atoms with Crippen LogP contribution in [0.3, 0.4) is 0 Å². The first-order valence-electron chi connectivity index (χ1n) is 14.1. The van der Waals surface area contributed by atoms with Crippen LogP contribution in [-0.2, 0) is 45.4 Å². The van der Waals surface area contributed by atoms with Gasteiger partial charge in [0.15, 0.2) is 0 Å². The second kappa shape index (κ2) is 14.9. The normalized spacial score (nSPS) is 22.3. The molecule has 4 aromatic carbocycles. The van der Waals surface area contributed by atoms with Gasteiger partial charge >= 0.3 is 0 Å². The molecule has 1 saturated carbocycles. The largest absolute Gasteiger partial charge is 0.497 e. The Morgan fingerprint density at radius 2 is 0.878 bits per heavy atom. The number of aliphatic hydroxyl groups excluding tert-OH is 1. The Balaban J connectivity index is 1.35. The Morgan fingerprint density at radius 1 is 0.512 bits per heavy atom. The van der Waals surface area contributed by atoms with Gasteiger partial charge in [-0.1, -0.05) is 103 Å². The summed E-state index contributed by atoms with van der Waals surface area (Å²) in [4.78, 5) is 0. The Morgan fingerprint density at radius 3 is 1.27 bits per heavy atom. The molecule has 6 heteroatoms. The molecule has 0 amide bonds. The number of ether oxygens (including phenoxy) is 5. The summed E-state index contributed by atoms with van der Waals surface area (Å²) < 4.78 is 30.9. The molecule has 4 aromatic rings. The lowest BCUT2D eigenvalue weighted by Crippen LogP contribution is -2.59. The van der Waals surface area contributed by atoms with Crippen molar-refractivity contribution in [3.05, 3.63) is 138 Å². The highest BCUT2D eigenvalue weighted by atomic mass is 16.6. The lowest BCUT2D eigenvalue weighted by atomic mass is 9.86. The predicted octanol–water partition coefficient (Wildman–Crippen LogP) is 6.10. The van der Waals surface area contributed by atoms with Crippen LogP contribution >= 0.6 is 0 Å². The van der Waals surface area contributed by atoms with Crippen molar-refractivity contribution < 1.29 is 28.8 Å². The van der Waals surface area contributed by atoms with E-state index >= 15 is 0 Å². The quantitative estimate of drug-likeness (QED) is 0.215. The van der Waals surface area contributed by atoms with Gasteiger partial charge in [-0.25, -0.2) is 0 Å². The number of aliphatic hydroxyl groups is 1. The maximum absolute atomic E-state index is 11.8. The SMILES string of the molecule is COc1ccc(COC2[C@H](O)C(OCc3ccccc3)[C@@H](OCc3ccccc3)C[C@@H]2OCc2ccccc2)cc1. The summed E-state index contributed by atoms with van der Waals surface area (Å²) in [5.74, 6) is 0.781. The highest BCUT2D eigenvalue weighted by molar-refractivity contribution is 5.26. The average molecular weight is 555 g/mol. The van der Waals surface area contributed by atoms with Crippen LogP contribution in [0, 0.1) is 0 Å². The third kappa shape index (κ3) is 8.26. The van der Waals surface area contributed by atoms with Crippen molar-refractivity contribution in [2.75, 3.05) is 7.11 Å². The molecule has 1 aliphatic rings. The average Bonchev–Trinajstić information content (AvgIpc) is 3.03. The van der Waals surface area contributed by atoms with Crippen molar-refractivity contribution >= 4 is 0 Å². The first kappa shape index (κ1) is 29.0. The maximum Gasteiger partial charge on any atom is 0.118 e. The standard InChI is InChI=1S/C35H38O6/c1-37-30-19-17-29(18-20-30)25-41-35-32(39-23-27-13-7-3-8-14-27)21-31(38-22-26-11-5-2-6-12-26)34(33(35)36)40-24-28-15-9-4-10-16-28/h2-20,31-36H,21-25H2,1H3/t31-,32-,33+,34?,35?/m0/s1. The first-order valence-corrected chi connectivity index (χ1v) is 14.1. The van der Waals surface area contributed by atoms with Crippen LogP contribution in [0.25, 0.3) is 0 Å². The Kier molecular flexibility index (Phi) is 10.5. The molecule has 5 rings (SSSR count). The van der Waals surface area contributed by atoms with Crippen LogP contribution in [-0.4, -0.2) is 42.7 Å². The van der Waals surface area contributed by atoms with Gasteiger partial charge in [0.1, 0.15) is 24.1 Å². The molecule has 1 aliphatic carbocycles. The molecule has 41 heavy (non-hydrogen) atoms. The zero-order chi connectivity index (χ0) is 28.3. The van der Waals surface area contributed by atoms with Gasteiger partial charge in [0.2, 0.25) is 0 Å². The summed E-state index contributed by atoms with van der Waals surface area (Å²) in [6.07, 6.45) is -2.46. The minimum Gasteiger partial charge on any atom is -0.497 e. The summed E-state index contributed by atoms with van der Waals surface area (Å²) in [5, 5.41) is 11.8. The van der Waals surface area contributed by atoms with E-state index in [0.29, 0.717) is 32.8 Å². The molecule has 1 fully saturated rings. The fraction of sp³-hybridized carbons (Fsp3) is 0.314.